The molecule has 1 aromatic heterocycles. The van der Waals surface area contributed by atoms with Gasteiger partial charge in [0, 0.05) is 34.9 Å². The number of ether oxygens (including phenoxy) is 2. The topological polar surface area (TPSA) is 167 Å². The molecule has 0 saturated heterocycles. The largest absolute Gasteiger partial charge is 0.507 e. The number of carbonyl (C=O) groups is 1. The maximum atomic E-state index is 12.8. The molecule has 5 aromatic rings. The van der Waals surface area contributed by atoms with Crippen LogP contribution in [0.4, 0.5) is 0 Å². The molecular formula is C32H24O10. The Bertz CT molecular complexity index is 1970. The minimum absolute atomic E-state index is 0.00386. The van der Waals surface area contributed by atoms with Gasteiger partial charge in [0.15, 0.2) is 22.7 Å². The highest BCUT2D eigenvalue weighted by Crippen LogP contribution is 2.44. The molecule has 0 aliphatic carbocycles. The normalized spacial score (nSPS) is 14.4. The quantitative estimate of drug-likeness (QED) is 0.171. The number of phenols is 5. The third-order valence-electron chi connectivity index (χ3n) is 7.35. The Morgan fingerprint density at radius 1 is 0.786 bits per heavy atom. The fourth-order valence-electron chi connectivity index (χ4n) is 4.90. The average Bonchev–Trinajstić information content (AvgIpc) is 2.95. The fraction of sp³-hybridized carbons (Fsp3) is 0.125. The van der Waals surface area contributed by atoms with Crippen molar-refractivity contribution < 1.29 is 44.2 Å². The van der Waals surface area contributed by atoms with Crippen LogP contribution in [0.25, 0.3) is 22.3 Å². The van der Waals surface area contributed by atoms with Gasteiger partial charge in [0.1, 0.15) is 62.9 Å². The number of rotatable bonds is 4. The molecule has 10 nitrogen and oxygen atoms in total. The van der Waals surface area contributed by atoms with E-state index in [9.17, 15) is 35.1 Å². The highest BCUT2D eigenvalue weighted by atomic mass is 16.5. The lowest BCUT2D eigenvalue weighted by atomic mass is 9.94. The Balaban J connectivity index is 1.26. The molecular weight excluding hydrogens is 544 g/mol. The van der Waals surface area contributed by atoms with Crippen molar-refractivity contribution in [3.63, 3.8) is 0 Å². The van der Waals surface area contributed by atoms with E-state index in [1.807, 2.05) is 0 Å². The van der Waals surface area contributed by atoms with Gasteiger partial charge in [-0.2, -0.15) is 0 Å². The third kappa shape index (κ3) is 4.39. The van der Waals surface area contributed by atoms with Gasteiger partial charge < -0.3 is 39.4 Å². The second-order valence-corrected chi connectivity index (χ2v) is 10.0. The van der Waals surface area contributed by atoms with Crippen molar-refractivity contribution in [2.45, 2.75) is 26.4 Å². The van der Waals surface area contributed by atoms with Gasteiger partial charge in [0.05, 0.1) is 6.42 Å². The summed E-state index contributed by atoms with van der Waals surface area (Å²) in [6.07, 6.45) is -0.671. The summed E-state index contributed by atoms with van der Waals surface area (Å²) < 4.78 is 17.6. The van der Waals surface area contributed by atoms with Gasteiger partial charge in [-0.3, -0.25) is 9.59 Å². The van der Waals surface area contributed by atoms with E-state index >= 15 is 0 Å². The molecule has 0 amide bonds. The number of hydrogen-bond acceptors (Lipinski definition) is 10. The van der Waals surface area contributed by atoms with Crippen LogP contribution in [0.3, 0.4) is 0 Å². The van der Waals surface area contributed by atoms with E-state index in [0.29, 0.717) is 16.9 Å². The van der Waals surface area contributed by atoms with E-state index in [4.69, 9.17) is 13.9 Å². The van der Waals surface area contributed by atoms with Crippen LogP contribution in [-0.2, 0) is 0 Å². The van der Waals surface area contributed by atoms with Crippen LogP contribution in [0.2, 0.25) is 0 Å². The molecule has 0 radical (unpaired) electrons. The number of aromatic hydroxyl groups is 5. The molecule has 0 fully saturated rings. The molecule has 6 rings (SSSR count). The number of ketones is 1. The first-order chi connectivity index (χ1) is 20.0. The molecule has 0 saturated carbocycles. The van der Waals surface area contributed by atoms with Crippen molar-refractivity contribution >= 4 is 16.8 Å². The van der Waals surface area contributed by atoms with Gasteiger partial charge in [-0.15, -0.1) is 0 Å². The zero-order valence-corrected chi connectivity index (χ0v) is 22.3. The third-order valence-corrected chi connectivity index (χ3v) is 7.35. The summed E-state index contributed by atoms with van der Waals surface area (Å²) in [6, 6.07) is 14.8. The molecule has 1 atom stereocenters. The van der Waals surface area contributed by atoms with Gasteiger partial charge in [0.25, 0.3) is 0 Å². The van der Waals surface area contributed by atoms with Gasteiger partial charge in [-0.1, -0.05) is 12.1 Å². The molecule has 1 aliphatic rings. The van der Waals surface area contributed by atoms with E-state index in [2.05, 4.69) is 0 Å². The summed E-state index contributed by atoms with van der Waals surface area (Å²) in [4.78, 5) is 25.5. The van der Waals surface area contributed by atoms with E-state index in [1.54, 1.807) is 24.3 Å². The predicted molar refractivity (Wildman–Crippen MR) is 151 cm³/mol. The van der Waals surface area contributed by atoms with E-state index in [-0.39, 0.29) is 85.9 Å². The van der Waals surface area contributed by atoms with Crippen molar-refractivity contribution in [1.29, 1.82) is 0 Å². The molecule has 5 N–H and O–H groups in total. The molecule has 2 heterocycles. The maximum Gasteiger partial charge on any atom is 0.197 e. The Morgan fingerprint density at radius 3 is 2.21 bits per heavy atom. The van der Waals surface area contributed by atoms with Crippen LogP contribution in [0.5, 0.6) is 46.0 Å². The summed E-state index contributed by atoms with van der Waals surface area (Å²) in [6.45, 7) is 2.98. The Labute approximate surface area is 237 Å². The van der Waals surface area contributed by atoms with Crippen LogP contribution < -0.4 is 14.9 Å². The summed E-state index contributed by atoms with van der Waals surface area (Å²) in [5, 5.41) is 51.1. The Morgan fingerprint density at radius 2 is 1.48 bits per heavy atom. The lowest BCUT2D eigenvalue weighted by Crippen LogP contribution is -2.20. The summed E-state index contributed by atoms with van der Waals surface area (Å²) >= 11 is 0. The highest BCUT2D eigenvalue weighted by molar-refractivity contribution is 6.03. The maximum absolute atomic E-state index is 12.8. The highest BCUT2D eigenvalue weighted by Gasteiger charge is 2.32. The van der Waals surface area contributed by atoms with Gasteiger partial charge in [0.2, 0.25) is 0 Å². The molecule has 0 bridgehead atoms. The second-order valence-electron chi connectivity index (χ2n) is 10.0. The van der Waals surface area contributed by atoms with E-state index < -0.39 is 11.5 Å². The van der Waals surface area contributed by atoms with Crippen LogP contribution in [0, 0.1) is 13.8 Å². The smallest absolute Gasteiger partial charge is 0.197 e. The van der Waals surface area contributed by atoms with E-state index in [1.165, 1.54) is 50.2 Å². The molecule has 10 heteroatoms. The summed E-state index contributed by atoms with van der Waals surface area (Å²) in [7, 11) is 0. The van der Waals surface area contributed by atoms with Crippen molar-refractivity contribution in [2.75, 3.05) is 0 Å². The number of Topliss-reactive ketones (excluding diaryl/α,β-unsaturated/α-hetero) is 1. The molecule has 212 valence electrons. The summed E-state index contributed by atoms with van der Waals surface area (Å²) in [5.41, 5.74) is 0.942. The lowest BCUT2D eigenvalue weighted by Gasteiger charge is -2.27. The first-order valence-electron chi connectivity index (χ1n) is 12.9. The predicted octanol–water partition coefficient (Wildman–Crippen LogP) is 6.10. The van der Waals surface area contributed by atoms with Crippen LogP contribution >= 0.6 is 0 Å². The first kappa shape index (κ1) is 26.6. The molecule has 1 aliphatic heterocycles. The van der Waals surface area contributed by atoms with Gasteiger partial charge >= 0.3 is 0 Å². The zero-order chi connectivity index (χ0) is 29.9. The fourth-order valence-corrected chi connectivity index (χ4v) is 4.90. The molecule has 42 heavy (non-hydrogen) atoms. The second kappa shape index (κ2) is 9.77. The molecule has 4 aromatic carbocycles. The van der Waals surface area contributed by atoms with Gasteiger partial charge in [-0.05, 0) is 49.7 Å². The summed E-state index contributed by atoms with van der Waals surface area (Å²) in [5.74, 6) is -0.911. The number of benzene rings is 4. The monoisotopic (exact) mass is 568 g/mol. The van der Waals surface area contributed by atoms with Crippen molar-refractivity contribution in [3.05, 3.63) is 93.1 Å². The number of carbonyl (C=O) groups excluding carboxylic acids is 1. The number of phenolic OH excluding ortho intramolecular Hbond substituents is 5. The standard InChI is InChI=1S/C32H24O10/c1-14-20(34)10-27-29(31(14)38)22(36)12-24(41-27)16-3-6-18(7-4-16)40-26-9-17(5-8-19(26)33)25-13-23(37)30-28(42-25)11-21(35)15(2)32(30)39/h3-11,13,24,33-35,38-39H,12H2,1-2H3. The van der Waals surface area contributed by atoms with Gasteiger partial charge in [-0.25, -0.2) is 0 Å². The minimum atomic E-state index is -0.657. The SMILES string of the molecule is Cc1c(O)cc2c(c1O)C(=O)CC(c1ccc(Oc3cc(-c4cc(=O)c5c(O)c(C)c(O)cc5o4)ccc3O)cc1)O2. The van der Waals surface area contributed by atoms with Crippen LogP contribution in [0.15, 0.2) is 69.9 Å². The number of hydrogen-bond donors (Lipinski definition) is 5. The van der Waals surface area contributed by atoms with Crippen LogP contribution in [-0.4, -0.2) is 31.3 Å². The Kier molecular flexibility index (Phi) is 6.18. The van der Waals surface area contributed by atoms with Crippen LogP contribution in [0.1, 0.15) is 39.6 Å². The Hall–Kier alpha value is -5.64. The average molecular weight is 569 g/mol. The minimum Gasteiger partial charge on any atom is -0.507 e. The first-order valence-corrected chi connectivity index (χ1v) is 12.9. The molecule has 0 spiro atoms. The van der Waals surface area contributed by atoms with E-state index in [0.717, 1.165) is 0 Å². The number of fused-ring (bicyclic) bond motifs is 2. The van der Waals surface area contributed by atoms with Crippen molar-refractivity contribution in [2.24, 2.45) is 0 Å². The lowest BCUT2D eigenvalue weighted by molar-refractivity contribution is 0.0844. The van der Waals surface area contributed by atoms with Crippen molar-refractivity contribution in [1.82, 2.24) is 0 Å². The molecule has 1 unspecified atom stereocenters. The zero-order valence-electron chi connectivity index (χ0n) is 22.3. The van der Waals surface area contributed by atoms with Crippen molar-refractivity contribution in [3.8, 4) is 57.3 Å².